The van der Waals surface area contributed by atoms with E-state index in [1.54, 1.807) is 6.07 Å². The topological polar surface area (TPSA) is 49.3 Å². The SMILES string of the molecule is O=CNCc1ccccc1.Oc1cccc2ccccc12. The van der Waals surface area contributed by atoms with Crippen molar-refractivity contribution >= 4 is 17.2 Å². The molecule has 0 aromatic heterocycles. The van der Waals surface area contributed by atoms with Crippen LogP contribution in [-0.2, 0) is 11.3 Å². The number of phenolic OH excluding ortho intramolecular Hbond substituents is 1. The largest absolute Gasteiger partial charge is 0.507 e. The first-order valence-corrected chi connectivity index (χ1v) is 6.69. The van der Waals surface area contributed by atoms with Crippen molar-refractivity contribution < 1.29 is 9.90 Å². The van der Waals surface area contributed by atoms with Gasteiger partial charge in [0.1, 0.15) is 5.75 Å². The van der Waals surface area contributed by atoms with Crippen LogP contribution in [0.15, 0.2) is 72.8 Å². The zero-order valence-electron chi connectivity index (χ0n) is 11.6. The predicted octanol–water partition coefficient (Wildman–Crippen LogP) is 3.48. The molecule has 0 unspecified atom stereocenters. The molecule has 0 saturated carbocycles. The molecule has 21 heavy (non-hydrogen) atoms. The Hall–Kier alpha value is -2.81. The van der Waals surface area contributed by atoms with Gasteiger partial charge in [0.05, 0.1) is 0 Å². The highest BCUT2D eigenvalue weighted by atomic mass is 16.3. The molecule has 3 heteroatoms. The van der Waals surface area contributed by atoms with Crippen LogP contribution in [0.2, 0.25) is 0 Å². The minimum Gasteiger partial charge on any atom is -0.507 e. The van der Waals surface area contributed by atoms with Crippen LogP contribution in [-0.4, -0.2) is 11.5 Å². The number of carbonyl (C=O) groups is 1. The summed E-state index contributed by atoms with van der Waals surface area (Å²) in [4.78, 5) is 9.87. The molecule has 0 aliphatic carbocycles. The van der Waals surface area contributed by atoms with Crippen LogP contribution in [0.3, 0.4) is 0 Å². The Kier molecular flexibility index (Phi) is 5.35. The number of nitrogens with one attached hydrogen (secondary N) is 1. The maximum atomic E-state index is 9.87. The normalized spacial score (nSPS) is 9.52. The maximum Gasteiger partial charge on any atom is 0.207 e. The summed E-state index contributed by atoms with van der Waals surface area (Å²) in [5.74, 6) is 0.350. The van der Waals surface area contributed by atoms with Crippen molar-refractivity contribution in [3.05, 3.63) is 78.4 Å². The summed E-state index contributed by atoms with van der Waals surface area (Å²) in [6, 6.07) is 23.1. The number of carbonyl (C=O) groups excluding carboxylic acids is 1. The molecule has 1 amide bonds. The lowest BCUT2D eigenvalue weighted by Crippen LogP contribution is -2.09. The lowest BCUT2D eigenvalue weighted by Gasteiger charge is -1.97. The monoisotopic (exact) mass is 279 g/mol. The summed E-state index contributed by atoms with van der Waals surface area (Å²) in [6.07, 6.45) is 0.701. The van der Waals surface area contributed by atoms with E-state index in [9.17, 15) is 9.90 Å². The highest BCUT2D eigenvalue weighted by molar-refractivity contribution is 5.87. The molecule has 0 heterocycles. The standard InChI is InChI=1S/C10H8O.C8H9NO/c11-10-7-3-5-8-4-1-2-6-9(8)10;10-7-9-6-8-4-2-1-3-5-8/h1-7,11H;1-5,7H,6H2,(H,9,10). The summed E-state index contributed by atoms with van der Waals surface area (Å²) >= 11 is 0. The van der Waals surface area contributed by atoms with Crippen molar-refractivity contribution in [1.82, 2.24) is 5.32 Å². The quantitative estimate of drug-likeness (QED) is 0.721. The van der Waals surface area contributed by atoms with Crippen LogP contribution in [0.1, 0.15) is 5.56 Å². The van der Waals surface area contributed by atoms with Gasteiger partial charge >= 0.3 is 0 Å². The highest BCUT2D eigenvalue weighted by Crippen LogP contribution is 2.22. The molecular formula is C18H17NO2. The molecule has 3 aromatic carbocycles. The number of rotatable bonds is 3. The molecule has 0 spiro atoms. The molecule has 0 saturated heterocycles. The Balaban J connectivity index is 0.000000155. The predicted molar refractivity (Wildman–Crippen MR) is 85.0 cm³/mol. The summed E-state index contributed by atoms with van der Waals surface area (Å²) in [7, 11) is 0. The van der Waals surface area contributed by atoms with Gasteiger partial charge in [0.2, 0.25) is 6.41 Å². The zero-order chi connectivity index (χ0) is 14.9. The van der Waals surface area contributed by atoms with E-state index in [1.165, 1.54) is 0 Å². The van der Waals surface area contributed by atoms with Gasteiger partial charge in [0.25, 0.3) is 0 Å². The van der Waals surface area contributed by atoms with Gasteiger partial charge in [-0.25, -0.2) is 0 Å². The van der Waals surface area contributed by atoms with Crippen LogP contribution >= 0.6 is 0 Å². The van der Waals surface area contributed by atoms with Crippen molar-refractivity contribution in [2.75, 3.05) is 0 Å². The van der Waals surface area contributed by atoms with E-state index in [-0.39, 0.29) is 0 Å². The number of amides is 1. The first kappa shape index (κ1) is 14.6. The lowest BCUT2D eigenvalue weighted by molar-refractivity contribution is -0.109. The van der Waals surface area contributed by atoms with Crippen LogP contribution in [0.4, 0.5) is 0 Å². The second-order valence-corrected chi connectivity index (χ2v) is 4.48. The van der Waals surface area contributed by atoms with Crippen LogP contribution in [0, 0.1) is 0 Å². The maximum absolute atomic E-state index is 9.87. The van der Waals surface area contributed by atoms with E-state index in [4.69, 9.17) is 0 Å². The molecule has 3 aromatic rings. The third-order valence-electron chi connectivity index (χ3n) is 3.00. The molecule has 3 rings (SSSR count). The summed E-state index contributed by atoms with van der Waals surface area (Å²) in [6.45, 7) is 0.615. The number of aromatic hydroxyl groups is 1. The number of hydrogen-bond donors (Lipinski definition) is 2. The average molecular weight is 279 g/mol. The average Bonchev–Trinajstić information content (AvgIpc) is 2.55. The van der Waals surface area contributed by atoms with Crippen LogP contribution in [0.25, 0.3) is 10.8 Å². The van der Waals surface area contributed by atoms with Crippen molar-refractivity contribution in [3.63, 3.8) is 0 Å². The van der Waals surface area contributed by atoms with E-state index in [2.05, 4.69) is 5.32 Å². The molecular weight excluding hydrogens is 262 g/mol. The van der Waals surface area contributed by atoms with E-state index in [0.29, 0.717) is 18.7 Å². The molecule has 106 valence electrons. The van der Waals surface area contributed by atoms with Gasteiger partial charge in [-0.3, -0.25) is 4.79 Å². The van der Waals surface area contributed by atoms with E-state index >= 15 is 0 Å². The third-order valence-corrected chi connectivity index (χ3v) is 3.00. The van der Waals surface area contributed by atoms with Crippen molar-refractivity contribution in [1.29, 1.82) is 0 Å². The Labute approximate surface area is 123 Å². The Morgan fingerprint density at radius 1 is 0.857 bits per heavy atom. The van der Waals surface area contributed by atoms with Gasteiger partial charge in [-0.15, -0.1) is 0 Å². The molecule has 3 nitrogen and oxygen atoms in total. The molecule has 0 atom stereocenters. The van der Waals surface area contributed by atoms with E-state index in [0.717, 1.165) is 16.3 Å². The van der Waals surface area contributed by atoms with Crippen LogP contribution < -0.4 is 5.32 Å². The molecule has 0 radical (unpaired) electrons. The number of hydrogen-bond acceptors (Lipinski definition) is 2. The Morgan fingerprint density at radius 2 is 1.52 bits per heavy atom. The second kappa shape index (κ2) is 7.70. The fourth-order valence-corrected chi connectivity index (χ4v) is 1.96. The zero-order valence-corrected chi connectivity index (χ0v) is 11.6. The van der Waals surface area contributed by atoms with Gasteiger partial charge in [-0.1, -0.05) is 66.7 Å². The second-order valence-electron chi connectivity index (χ2n) is 4.48. The van der Waals surface area contributed by atoms with Crippen molar-refractivity contribution in [3.8, 4) is 5.75 Å². The summed E-state index contributed by atoms with van der Waals surface area (Å²) < 4.78 is 0. The van der Waals surface area contributed by atoms with E-state index < -0.39 is 0 Å². The smallest absolute Gasteiger partial charge is 0.207 e. The number of benzene rings is 3. The minimum atomic E-state index is 0.350. The van der Waals surface area contributed by atoms with E-state index in [1.807, 2.05) is 66.7 Å². The molecule has 0 aliphatic rings. The van der Waals surface area contributed by atoms with Gasteiger partial charge < -0.3 is 10.4 Å². The fourth-order valence-electron chi connectivity index (χ4n) is 1.96. The Morgan fingerprint density at radius 3 is 2.24 bits per heavy atom. The first-order valence-electron chi connectivity index (χ1n) is 6.69. The highest BCUT2D eigenvalue weighted by Gasteiger charge is 1.94. The lowest BCUT2D eigenvalue weighted by atomic mass is 10.1. The summed E-state index contributed by atoms with van der Waals surface area (Å²) in [5.41, 5.74) is 1.12. The number of phenols is 1. The molecule has 0 bridgehead atoms. The first-order chi connectivity index (χ1) is 10.3. The summed E-state index contributed by atoms with van der Waals surface area (Å²) in [5, 5.41) is 13.9. The van der Waals surface area contributed by atoms with Crippen molar-refractivity contribution in [2.24, 2.45) is 0 Å². The Bertz CT molecular complexity index is 690. The third kappa shape index (κ3) is 4.35. The molecule has 0 fully saturated rings. The van der Waals surface area contributed by atoms with Gasteiger partial charge in [-0.05, 0) is 17.0 Å². The number of fused-ring (bicyclic) bond motifs is 1. The van der Waals surface area contributed by atoms with Gasteiger partial charge in [-0.2, -0.15) is 0 Å². The van der Waals surface area contributed by atoms with Gasteiger partial charge in [0, 0.05) is 11.9 Å². The van der Waals surface area contributed by atoms with Crippen LogP contribution in [0.5, 0.6) is 5.75 Å². The van der Waals surface area contributed by atoms with Crippen molar-refractivity contribution in [2.45, 2.75) is 6.54 Å². The minimum absolute atomic E-state index is 0.350. The molecule has 2 N–H and O–H groups in total. The fraction of sp³-hybridized carbons (Fsp3) is 0.0556. The molecule has 0 aliphatic heterocycles. The van der Waals surface area contributed by atoms with Gasteiger partial charge in [0.15, 0.2) is 0 Å².